The zero-order valence-electron chi connectivity index (χ0n) is 14.6. The molecule has 3 atom stereocenters. The smallest absolute Gasteiger partial charge is 0.328 e. The number of carboxylic acids is 2. The van der Waals surface area contributed by atoms with E-state index in [4.69, 9.17) is 33.4 Å². The highest BCUT2D eigenvalue weighted by Gasteiger charge is 2.50. The van der Waals surface area contributed by atoms with Crippen molar-refractivity contribution in [3.63, 3.8) is 0 Å². The van der Waals surface area contributed by atoms with Gasteiger partial charge in [-0.15, -0.1) is 0 Å². The van der Waals surface area contributed by atoms with E-state index in [-0.39, 0.29) is 12.1 Å². The number of hydrogen-bond donors (Lipinski definition) is 3. The number of benzene rings is 1. The van der Waals surface area contributed by atoms with Crippen LogP contribution in [0.2, 0.25) is 10.0 Å². The summed E-state index contributed by atoms with van der Waals surface area (Å²) in [6, 6.07) is 5.97. The summed E-state index contributed by atoms with van der Waals surface area (Å²) < 4.78 is 12.6. The van der Waals surface area contributed by atoms with Crippen LogP contribution >= 0.6 is 23.2 Å². The Morgan fingerprint density at radius 2 is 1.89 bits per heavy atom. The van der Waals surface area contributed by atoms with Gasteiger partial charge >= 0.3 is 11.9 Å². The fourth-order valence-corrected chi connectivity index (χ4v) is 4.43. The van der Waals surface area contributed by atoms with E-state index in [0.29, 0.717) is 40.5 Å². The van der Waals surface area contributed by atoms with Gasteiger partial charge in [0.25, 0.3) is 0 Å². The Bertz CT molecular complexity index is 712. The summed E-state index contributed by atoms with van der Waals surface area (Å²) in [5, 5.41) is 20.3. The van der Waals surface area contributed by atoms with Gasteiger partial charge in [-0.2, -0.15) is 0 Å². The second-order valence-corrected chi connectivity index (χ2v) is 7.72. The van der Waals surface area contributed by atoms with Crippen molar-refractivity contribution < 1.29 is 24.2 Å². The summed E-state index contributed by atoms with van der Waals surface area (Å²) in [5.41, 5.74) is 1.40. The van der Waals surface area contributed by atoms with E-state index in [1.807, 2.05) is 12.1 Å². The maximum absolute atomic E-state index is 12.6. The average Bonchev–Trinajstić information content (AvgIpc) is 3.14. The molecule has 2 aliphatic rings. The van der Waals surface area contributed by atoms with Crippen LogP contribution in [-0.2, 0) is 15.0 Å². The van der Waals surface area contributed by atoms with Crippen LogP contribution in [-0.4, -0.2) is 41.9 Å². The molecule has 0 amide bonds. The van der Waals surface area contributed by atoms with Gasteiger partial charge in [0.15, 0.2) is 0 Å². The van der Waals surface area contributed by atoms with Crippen molar-refractivity contribution in [3.05, 3.63) is 46.0 Å². The lowest BCUT2D eigenvalue weighted by molar-refractivity contribution is -0.134. The first kappa shape index (κ1) is 21.7. The zero-order valence-corrected chi connectivity index (χ0v) is 16.1. The molecule has 3 N–H and O–H groups in total. The molecule has 1 saturated heterocycles. The molecule has 5 nitrogen and oxygen atoms in total. The fourth-order valence-electron chi connectivity index (χ4n) is 4.14. The van der Waals surface area contributed by atoms with Gasteiger partial charge in [-0.1, -0.05) is 29.3 Å². The fraction of sp³-hybridized carbons (Fsp3) is 0.474. The van der Waals surface area contributed by atoms with Crippen LogP contribution in [0.5, 0.6) is 0 Å². The van der Waals surface area contributed by atoms with E-state index in [9.17, 15) is 14.0 Å². The van der Waals surface area contributed by atoms with Crippen LogP contribution in [0.25, 0.3) is 0 Å². The van der Waals surface area contributed by atoms with Crippen molar-refractivity contribution in [1.29, 1.82) is 0 Å². The molecule has 1 heterocycles. The van der Waals surface area contributed by atoms with Crippen molar-refractivity contribution in [2.75, 3.05) is 19.8 Å². The second-order valence-electron chi connectivity index (χ2n) is 6.91. The number of fused-ring (bicyclic) bond motifs is 1. The molecule has 0 bridgehead atoms. The number of alkyl halides is 1. The molecule has 1 aliphatic heterocycles. The molecule has 1 aromatic carbocycles. The largest absolute Gasteiger partial charge is 0.478 e. The van der Waals surface area contributed by atoms with Gasteiger partial charge in [0.05, 0.1) is 16.7 Å². The predicted octanol–water partition coefficient (Wildman–Crippen LogP) is 3.93. The number of carboxylic acid groups (broad SMARTS) is 2. The van der Waals surface area contributed by atoms with E-state index in [2.05, 4.69) is 11.4 Å². The highest BCUT2D eigenvalue weighted by Crippen LogP contribution is 2.52. The molecule has 2 fully saturated rings. The Labute approximate surface area is 167 Å². The molecule has 1 saturated carbocycles. The lowest BCUT2D eigenvalue weighted by atomic mass is 9.74. The van der Waals surface area contributed by atoms with Crippen molar-refractivity contribution in [2.45, 2.75) is 24.7 Å². The van der Waals surface area contributed by atoms with Crippen molar-refractivity contribution in [3.8, 4) is 0 Å². The third-order valence-electron chi connectivity index (χ3n) is 5.26. The number of hydrogen-bond acceptors (Lipinski definition) is 3. The zero-order chi connectivity index (χ0) is 20.0. The molecule has 1 aliphatic carbocycles. The molecule has 3 rings (SSSR count). The van der Waals surface area contributed by atoms with Gasteiger partial charge in [-0.25, -0.2) is 9.59 Å². The van der Waals surface area contributed by atoms with E-state index in [1.54, 1.807) is 0 Å². The molecule has 27 heavy (non-hydrogen) atoms. The first-order chi connectivity index (χ1) is 12.8. The van der Waals surface area contributed by atoms with Gasteiger partial charge in [-0.05, 0) is 55.3 Å². The highest BCUT2D eigenvalue weighted by atomic mass is 35.5. The third kappa shape index (κ3) is 5.43. The van der Waals surface area contributed by atoms with Crippen molar-refractivity contribution in [1.82, 2.24) is 5.32 Å². The van der Waals surface area contributed by atoms with Gasteiger partial charge in [0, 0.05) is 24.1 Å². The molecule has 8 heteroatoms. The second kappa shape index (κ2) is 9.53. The minimum absolute atomic E-state index is 0.133. The lowest BCUT2D eigenvalue weighted by Crippen LogP contribution is -2.31. The minimum atomic E-state index is -1.26. The maximum atomic E-state index is 12.6. The van der Waals surface area contributed by atoms with Crippen LogP contribution in [0.1, 0.15) is 24.8 Å². The lowest BCUT2D eigenvalue weighted by Gasteiger charge is -2.29. The summed E-state index contributed by atoms with van der Waals surface area (Å²) in [4.78, 5) is 19.1. The Kier molecular flexibility index (Phi) is 7.65. The number of aliphatic carboxylic acids is 2. The van der Waals surface area contributed by atoms with Crippen molar-refractivity contribution >= 4 is 35.1 Å². The quantitative estimate of drug-likeness (QED) is 0.631. The molecule has 0 spiro atoms. The molecular formula is C19H22Cl2FNO4. The number of carbonyl (C=O) groups is 2. The van der Waals surface area contributed by atoms with Crippen LogP contribution in [0.15, 0.2) is 30.4 Å². The Balaban J connectivity index is 0.000000279. The van der Waals surface area contributed by atoms with E-state index < -0.39 is 11.9 Å². The van der Waals surface area contributed by atoms with Gasteiger partial charge in [0.2, 0.25) is 0 Å². The SMILES string of the molecule is FCCC1C[C@@H]2CNC[C@]2(c2ccc(Cl)c(Cl)c2)C1.O=C(O)/C=C/C(=O)O. The summed E-state index contributed by atoms with van der Waals surface area (Å²) in [5.74, 6) is -1.41. The Hall–Kier alpha value is -1.63. The van der Waals surface area contributed by atoms with Gasteiger partial charge in [0.1, 0.15) is 0 Å². The molecule has 0 radical (unpaired) electrons. The van der Waals surface area contributed by atoms with E-state index >= 15 is 0 Å². The molecule has 1 aromatic rings. The highest BCUT2D eigenvalue weighted by molar-refractivity contribution is 6.42. The predicted molar refractivity (Wildman–Crippen MR) is 102 cm³/mol. The van der Waals surface area contributed by atoms with Crippen LogP contribution in [0.4, 0.5) is 4.39 Å². The number of nitrogens with one attached hydrogen (secondary N) is 1. The maximum Gasteiger partial charge on any atom is 0.328 e. The summed E-state index contributed by atoms with van der Waals surface area (Å²) in [6.07, 6.45) is 3.99. The molecule has 148 valence electrons. The van der Waals surface area contributed by atoms with Gasteiger partial charge < -0.3 is 15.5 Å². The molecular weight excluding hydrogens is 396 g/mol. The first-order valence-corrected chi connectivity index (χ1v) is 9.40. The normalized spacial score (nSPS) is 26.5. The van der Waals surface area contributed by atoms with Crippen LogP contribution < -0.4 is 5.32 Å². The first-order valence-electron chi connectivity index (χ1n) is 8.64. The number of halogens is 3. The Morgan fingerprint density at radius 1 is 1.22 bits per heavy atom. The molecule has 1 unspecified atom stereocenters. The van der Waals surface area contributed by atoms with E-state index in [1.165, 1.54) is 5.56 Å². The number of rotatable bonds is 5. The monoisotopic (exact) mass is 417 g/mol. The Morgan fingerprint density at radius 3 is 2.44 bits per heavy atom. The summed E-state index contributed by atoms with van der Waals surface area (Å²) in [7, 11) is 0. The third-order valence-corrected chi connectivity index (χ3v) is 6.00. The topological polar surface area (TPSA) is 86.6 Å². The summed E-state index contributed by atoms with van der Waals surface area (Å²) >= 11 is 12.2. The van der Waals surface area contributed by atoms with Gasteiger partial charge in [-0.3, -0.25) is 4.39 Å². The summed E-state index contributed by atoms with van der Waals surface area (Å²) in [6.45, 7) is 1.80. The average molecular weight is 418 g/mol. The van der Waals surface area contributed by atoms with Crippen LogP contribution in [0, 0.1) is 11.8 Å². The van der Waals surface area contributed by atoms with Crippen LogP contribution in [0.3, 0.4) is 0 Å². The minimum Gasteiger partial charge on any atom is -0.478 e. The standard InChI is InChI=1S/C15H18Cl2FN.C4H4O4/c16-13-2-1-11(6-14(13)17)15-7-10(3-4-18)5-12(15)8-19-9-15;5-3(6)1-2-4(7)8/h1-2,6,10,12,19H,3-5,7-9H2;1-2H,(H,5,6)(H,7,8)/b;2-1+/t10?,12-,15+;/m1./s1. The van der Waals surface area contributed by atoms with E-state index in [0.717, 1.165) is 25.9 Å². The van der Waals surface area contributed by atoms with Crippen molar-refractivity contribution in [2.24, 2.45) is 11.8 Å². The molecule has 0 aromatic heterocycles.